The molecule has 6 nitrogen and oxygen atoms in total. The maximum absolute atomic E-state index is 13.1. The number of hydroxylamine groups is 2. The van der Waals surface area contributed by atoms with Crippen molar-refractivity contribution < 1.29 is 19.8 Å². The van der Waals surface area contributed by atoms with Crippen LogP contribution in [0.3, 0.4) is 0 Å². The van der Waals surface area contributed by atoms with Gasteiger partial charge < -0.3 is 15.2 Å². The molecule has 2 atom stereocenters. The van der Waals surface area contributed by atoms with Crippen molar-refractivity contribution in [3.05, 3.63) is 22.3 Å². The van der Waals surface area contributed by atoms with Crippen molar-refractivity contribution in [2.45, 2.75) is 91.3 Å². The Bertz CT molecular complexity index is 846. The number of nitrogens with one attached hydrogen (secondary N) is 1. The van der Waals surface area contributed by atoms with Crippen LogP contribution in [-0.2, 0) is 16.4 Å². The normalized spacial score (nSPS) is 28.0. The van der Waals surface area contributed by atoms with E-state index in [-0.39, 0.29) is 11.8 Å². The van der Waals surface area contributed by atoms with Crippen LogP contribution in [0.5, 0.6) is 11.5 Å². The molecule has 2 aliphatic heterocycles. The molecule has 1 radical (unpaired) electrons. The van der Waals surface area contributed by atoms with Crippen molar-refractivity contribution in [2.75, 3.05) is 6.54 Å². The SMILES string of the molecule is Cc1c(C)c2c(c(C)c1O)CCC(C)(C(=O)NCC1CC(C)(C)N([O])C1(C)C)O2. The highest BCUT2D eigenvalue weighted by Gasteiger charge is 2.52. The van der Waals surface area contributed by atoms with Gasteiger partial charge in [0.25, 0.3) is 5.91 Å². The Kier molecular flexibility index (Phi) is 5.20. The van der Waals surface area contributed by atoms with Crippen LogP contribution in [0.1, 0.15) is 69.7 Å². The van der Waals surface area contributed by atoms with Crippen LogP contribution in [0.25, 0.3) is 0 Å². The van der Waals surface area contributed by atoms with E-state index in [1.54, 1.807) is 0 Å². The van der Waals surface area contributed by atoms with Crippen molar-refractivity contribution in [2.24, 2.45) is 5.92 Å². The first-order valence-electron chi connectivity index (χ1n) is 10.5. The summed E-state index contributed by atoms with van der Waals surface area (Å²) >= 11 is 0. The van der Waals surface area contributed by atoms with Crippen LogP contribution < -0.4 is 10.1 Å². The molecular formula is C23H35N2O4. The monoisotopic (exact) mass is 403 g/mol. The Morgan fingerprint density at radius 2 is 1.76 bits per heavy atom. The van der Waals surface area contributed by atoms with E-state index in [1.165, 1.54) is 5.06 Å². The predicted octanol–water partition coefficient (Wildman–Crippen LogP) is 3.74. The molecule has 3 rings (SSSR count). The van der Waals surface area contributed by atoms with E-state index in [4.69, 9.17) is 4.74 Å². The summed E-state index contributed by atoms with van der Waals surface area (Å²) in [6.07, 6.45) is 1.96. The largest absolute Gasteiger partial charge is 0.507 e. The number of amides is 1. The fourth-order valence-electron chi connectivity index (χ4n) is 5.01. The van der Waals surface area contributed by atoms with Crippen molar-refractivity contribution >= 4 is 5.91 Å². The zero-order valence-electron chi connectivity index (χ0n) is 19.0. The van der Waals surface area contributed by atoms with Crippen molar-refractivity contribution in [1.82, 2.24) is 10.4 Å². The zero-order valence-corrected chi connectivity index (χ0v) is 19.0. The molecule has 0 aromatic heterocycles. The number of ether oxygens (including phenoxy) is 1. The highest BCUT2D eigenvalue weighted by atomic mass is 16.5. The Labute approximate surface area is 174 Å². The molecule has 2 N–H and O–H groups in total. The number of benzene rings is 1. The van der Waals surface area contributed by atoms with Gasteiger partial charge in [-0.25, -0.2) is 0 Å². The minimum atomic E-state index is -0.969. The molecule has 1 fully saturated rings. The third-order valence-corrected chi connectivity index (χ3v) is 7.33. The van der Waals surface area contributed by atoms with Crippen LogP contribution >= 0.6 is 0 Å². The molecule has 2 heterocycles. The predicted molar refractivity (Wildman–Crippen MR) is 111 cm³/mol. The van der Waals surface area contributed by atoms with Gasteiger partial charge in [-0.15, -0.1) is 10.3 Å². The molecule has 0 saturated carbocycles. The highest BCUT2D eigenvalue weighted by Crippen LogP contribution is 2.45. The van der Waals surface area contributed by atoms with Crippen molar-refractivity contribution in [3.63, 3.8) is 0 Å². The summed E-state index contributed by atoms with van der Waals surface area (Å²) in [6.45, 7) is 15.8. The molecule has 1 aromatic carbocycles. The summed E-state index contributed by atoms with van der Waals surface area (Å²) in [5.41, 5.74) is 1.55. The summed E-state index contributed by atoms with van der Waals surface area (Å²) in [6, 6.07) is 0. The van der Waals surface area contributed by atoms with E-state index in [1.807, 2.05) is 55.4 Å². The van der Waals surface area contributed by atoms with Gasteiger partial charge in [0.15, 0.2) is 5.60 Å². The van der Waals surface area contributed by atoms with Crippen molar-refractivity contribution in [1.29, 1.82) is 0 Å². The summed E-state index contributed by atoms with van der Waals surface area (Å²) in [5.74, 6) is 0.950. The fraction of sp³-hybridized carbons (Fsp3) is 0.696. The van der Waals surface area contributed by atoms with Gasteiger partial charge in [-0.05, 0) is 90.8 Å². The van der Waals surface area contributed by atoms with Crippen LogP contribution in [0.15, 0.2) is 0 Å². The van der Waals surface area contributed by atoms with Crippen LogP contribution in [-0.4, -0.2) is 39.3 Å². The number of phenols is 1. The number of hydrogen-bond donors (Lipinski definition) is 2. The first-order chi connectivity index (χ1) is 13.2. The van der Waals surface area contributed by atoms with E-state index < -0.39 is 16.7 Å². The first kappa shape index (κ1) is 21.9. The quantitative estimate of drug-likeness (QED) is 0.805. The zero-order chi connectivity index (χ0) is 21.9. The number of carbonyl (C=O) groups is 1. The molecule has 0 spiro atoms. The number of phenolic OH excluding ortho intramolecular Hbond substituents is 1. The molecule has 0 bridgehead atoms. The lowest BCUT2D eigenvalue weighted by molar-refractivity contribution is -0.248. The Hall–Kier alpha value is -1.79. The van der Waals surface area contributed by atoms with Gasteiger partial charge >= 0.3 is 0 Å². The molecule has 1 saturated heterocycles. The third-order valence-electron chi connectivity index (χ3n) is 7.33. The molecule has 29 heavy (non-hydrogen) atoms. The van der Waals surface area contributed by atoms with Gasteiger partial charge in [0, 0.05) is 29.6 Å². The van der Waals surface area contributed by atoms with Crippen LogP contribution in [0.4, 0.5) is 0 Å². The average Bonchev–Trinajstić information content (AvgIpc) is 2.81. The Morgan fingerprint density at radius 3 is 2.31 bits per heavy atom. The molecule has 1 aromatic rings. The second kappa shape index (κ2) is 6.88. The van der Waals surface area contributed by atoms with Gasteiger partial charge in [0.1, 0.15) is 11.5 Å². The molecule has 2 unspecified atom stereocenters. The molecular weight excluding hydrogens is 368 g/mol. The third kappa shape index (κ3) is 3.40. The Balaban J connectivity index is 1.76. The van der Waals surface area contributed by atoms with Crippen molar-refractivity contribution in [3.8, 4) is 11.5 Å². The van der Waals surface area contributed by atoms with Gasteiger partial charge in [-0.1, -0.05) is 0 Å². The minimum absolute atomic E-state index is 0.0709. The summed E-state index contributed by atoms with van der Waals surface area (Å²) < 4.78 is 6.26. The van der Waals surface area contributed by atoms with E-state index in [0.29, 0.717) is 25.1 Å². The lowest BCUT2D eigenvalue weighted by Crippen LogP contribution is -2.53. The highest BCUT2D eigenvalue weighted by molar-refractivity contribution is 5.85. The van der Waals surface area contributed by atoms with E-state index in [9.17, 15) is 15.1 Å². The average molecular weight is 404 g/mol. The number of aromatic hydroxyl groups is 1. The fourth-order valence-corrected chi connectivity index (χ4v) is 5.01. The number of hydrogen-bond acceptors (Lipinski definition) is 4. The number of rotatable bonds is 3. The second-order valence-corrected chi connectivity index (χ2v) is 10.2. The smallest absolute Gasteiger partial charge is 0.263 e. The maximum Gasteiger partial charge on any atom is 0.263 e. The summed E-state index contributed by atoms with van der Waals surface area (Å²) in [7, 11) is 0. The van der Waals surface area contributed by atoms with Gasteiger partial charge in [-0.3, -0.25) is 4.79 Å². The molecule has 6 heteroatoms. The maximum atomic E-state index is 13.1. The number of carbonyl (C=O) groups excluding carboxylic acids is 1. The van der Waals surface area contributed by atoms with Crippen LogP contribution in [0.2, 0.25) is 0 Å². The Morgan fingerprint density at radius 1 is 1.14 bits per heavy atom. The van der Waals surface area contributed by atoms with Gasteiger partial charge in [-0.2, -0.15) is 0 Å². The van der Waals surface area contributed by atoms with E-state index >= 15 is 0 Å². The van der Waals surface area contributed by atoms with Crippen LogP contribution in [0, 0.1) is 26.7 Å². The van der Waals surface area contributed by atoms with E-state index in [0.717, 1.165) is 34.4 Å². The first-order valence-corrected chi connectivity index (χ1v) is 10.5. The molecule has 2 aliphatic rings. The number of fused-ring (bicyclic) bond motifs is 1. The summed E-state index contributed by atoms with van der Waals surface area (Å²) in [5, 5.41) is 27.2. The molecule has 1 amide bonds. The number of nitrogens with zero attached hydrogens (tertiary/aromatic N) is 1. The van der Waals surface area contributed by atoms with E-state index in [2.05, 4.69) is 5.32 Å². The minimum Gasteiger partial charge on any atom is -0.507 e. The topological polar surface area (TPSA) is 81.7 Å². The second-order valence-electron chi connectivity index (χ2n) is 10.2. The lowest BCUT2D eigenvalue weighted by atomic mass is 9.85. The van der Waals surface area contributed by atoms with Gasteiger partial charge in [0.05, 0.1) is 0 Å². The standard InChI is InChI=1S/C23H35N2O4/c1-13-14(2)19-17(15(3)18(13)26)9-10-23(8,29-19)20(27)24-12-16-11-21(4,5)25(28)22(16,6)7/h16,26H,9-12H2,1-8H3,(H,24,27). The molecule has 161 valence electrons. The lowest BCUT2D eigenvalue weighted by Gasteiger charge is -2.37. The molecule has 0 aliphatic carbocycles. The summed E-state index contributed by atoms with van der Waals surface area (Å²) in [4.78, 5) is 13.1. The van der Waals surface area contributed by atoms with Gasteiger partial charge in [0.2, 0.25) is 0 Å².